The summed E-state index contributed by atoms with van der Waals surface area (Å²) in [4.78, 5) is 4.21. The Hall–Kier alpha value is -1.35. The molecule has 0 aliphatic rings. The van der Waals surface area contributed by atoms with Crippen LogP contribution >= 0.6 is 11.6 Å². The Kier molecular flexibility index (Phi) is 2.97. The molecule has 0 unspecified atom stereocenters. The third kappa shape index (κ3) is 1.95. The van der Waals surface area contributed by atoms with Crippen LogP contribution in [0.15, 0.2) is 30.5 Å². The van der Waals surface area contributed by atoms with E-state index >= 15 is 0 Å². The molecule has 0 saturated carbocycles. The molecule has 2 nitrogen and oxygen atoms in total. The first-order valence-electron chi connectivity index (χ1n) is 5.08. The van der Waals surface area contributed by atoms with Crippen molar-refractivity contribution in [3.63, 3.8) is 0 Å². The van der Waals surface area contributed by atoms with Gasteiger partial charge in [-0.1, -0.05) is 23.7 Å². The van der Waals surface area contributed by atoms with E-state index in [1.165, 1.54) is 12.1 Å². The summed E-state index contributed by atoms with van der Waals surface area (Å²) < 4.78 is 15.0. The number of rotatable bonds is 2. The van der Waals surface area contributed by atoms with Crippen molar-refractivity contribution in [3.05, 3.63) is 41.4 Å². The normalized spacial score (nSPS) is 11.1. The van der Waals surface area contributed by atoms with Crippen LogP contribution in [0.25, 0.3) is 11.4 Å². The molecule has 0 fully saturated rings. The first kappa shape index (κ1) is 11.1. The highest BCUT2D eigenvalue weighted by Gasteiger charge is 2.13. The van der Waals surface area contributed by atoms with E-state index in [0.29, 0.717) is 11.0 Å². The highest BCUT2D eigenvalue weighted by atomic mass is 35.5. The van der Waals surface area contributed by atoms with E-state index in [1.807, 2.05) is 24.5 Å². The van der Waals surface area contributed by atoms with Gasteiger partial charge in [0.1, 0.15) is 16.8 Å². The van der Waals surface area contributed by atoms with Gasteiger partial charge in [-0.05, 0) is 26.0 Å². The molecule has 4 heteroatoms. The lowest BCUT2D eigenvalue weighted by Gasteiger charge is -2.12. The Morgan fingerprint density at radius 2 is 2.12 bits per heavy atom. The summed E-state index contributed by atoms with van der Waals surface area (Å²) in [5.74, 6) is 0.423. The molecule has 1 aromatic carbocycles. The maximum absolute atomic E-state index is 13.1. The summed E-state index contributed by atoms with van der Waals surface area (Å²) in [6, 6.07) is 6.54. The smallest absolute Gasteiger partial charge is 0.141 e. The lowest BCUT2D eigenvalue weighted by molar-refractivity contribution is 0.605. The number of benzene rings is 1. The molecule has 0 radical (unpaired) electrons. The van der Waals surface area contributed by atoms with Gasteiger partial charge in [0.2, 0.25) is 0 Å². The lowest BCUT2D eigenvalue weighted by Crippen LogP contribution is -2.03. The van der Waals surface area contributed by atoms with Gasteiger partial charge in [0.05, 0.1) is 6.20 Å². The number of nitrogens with zero attached hydrogens (tertiary/aromatic N) is 2. The summed E-state index contributed by atoms with van der Waals surface area (Å²) in [7, 11) is 0. The molecule has 84 valence electrons. The summed E-state index contributed by atoms with van der Waals surface area (Å²) in [6.07, 6.45) is 1.59. The summed E-state index contributed by atoms with van der Waals surface area (Å²) in [5.41, 5.74) is 0.737. The topological polar surface area (TPSA) is 17.8 Å². The van der Waals surface area contributed by atoms with Crippen LogP contribution < -0.4 is 0 Å². The van der Waals surface area contributed by atoms with Crippen LogP contribution in [0.2, 0.25) is 5.15 Å². The van der Waals surface area contributed by atoms with Crippen LogP contribution in [0.4, 0.5) is 4.39 Å². The maximum Gasteiger partial charge on any atom is 0.141 e. The molecule has 0 amide bonds. The van der Waals surface area contributed by atoms with Crippen LogP contribution in [0.1, 0.15) is 19.9 Å². The number of halogens is 2. The van der Waals surface area contributed by atoms with E-state index < -0.39 is 0 Å². The molecule has 2 aromatic rings. The van der Waals surface area contributed by atoms with Crippen LogP contribution in [0, 0.1) is 5.82 Å². The SMILES string of the molecule is CC(C)n1c(Cl)cnc1-c1cccc(F)c1. The molecule has 0 spiro atoms. The van der Waals surface area contributed by atoms with Gasteiger partial charge in [-0.15, -0.1) is 0 Å². The third-order valence-electron chi connectivity index (χ3n) is 2.35. The first-order chi connectivity index (χ1) is 7.59. The van der Waals surface area contributed by atoms with Gasteiger partial charge in [-0.25, -0.2) is 9.37 Å². The average molecular weight is 239 g/mol. The summed E-state index contributed by atoms with van der Waals surface area (Å²) in [5, 5.41) is 0.564. The van der Waals surface area contributed by atoms with Gasteiger partial charge in [-0.2, -0.15) is 0 Å². The largest absolute Gasteiger partial charge is 0.313 e. The quantitative estimate of drug-likeness (QED) is 0.775. The van der Waals surface area contributed by atoms with Crippen LogP contribution in [0.3, 0.4) is 0 Å². The molecule has 0 aliphatic carbocycles. The van der Waals surface area contributed by atoms with Crippen molar-refractivity contribution in [2.75, 3.05) is 0 Å². The molecular weight excluding hydrogens is 227 g/mol. The molecule has 16 heavy (non-hydrogen) atoms. The summed E-state index contributed by atoms with van der Waals surface area (Å²) >= 11 is 6.04. The Bertz CT molecular complexity index is 505. The number of hydrogen-bond acceptors (Lipinski definition) is 1. The van der Waals surface area contributed by atoms with E-state index in [0.717, 1.165) is 5.56 Å². The van der Waals surface area contributed by atoms with Crippen LogP contribution in [-0.2, 0) is 0 Å². The zero-order valence-electron chi connectivity index (χ0n) is 9.11. The second-order valence-corrected chi connectivity index (χ2v) is 4.27. The second kappa shape index (κ2) is 4.26. The molecule has 0 atom stereocenters. The maximum atomic E-state index is 13.1. The predicted molar refractivity (Wildman–Crippen MR) is 63.0 cm³/mol. The fourth-order valence-corrected chi connectivity index (χ4v) is 2.00. The minimum Gasteiger partial charge on any atom is -0.313 e. The van der Waals surface area contributed by atoms with Gasteiger partial charge >= 0.3 is 0 Å². The lowest BCUT2D eigenvalue weighted by atomic mass is 10.2. The third-order valence-corrected chi connectivity index (χ3v) is 2.63. The van der Waals surface area contributed by atoms with Crippen molar-refractivity contribution in [2.24, 2.45) is 0 Å². The highest BCUT2D eigenvalue weighted by Crippen LogP contribution is 2.26. The average Bonchev–Trinajstić information content (AvgIpc) is 2.60. The molecular formula is C12H12ClFN2. The van der Waals surface area contributed by atoms with Crippen molar-refractivity contribution >= 4 is 11.6 Å². The molecule has 0 aliphatic heterocycles. The van der Waals surface area contributed by atoms with Crippen molar-refractivity contribution in [1.82, 2.24) is 9.55 Å². The number of hydrogen-bond donors (Lipinski definition) is 0. The van der Waals surface area contributed by atoms with E-state index in [2.05, 4.69) is 4.98 Å². The Morgan fingerprint density at radius 1 is 1.38 bits per heavy atom. The molecule has 0 bridgehead atoms. The second-order valence-electron chi connectivity index (χ2n) is 3.88. The standard InChI is InChI=1S/C12H12ClFN2/c1-8(2)16-11(13)7-15-12(16)9-4-3-5-10(14)6-9/h3-8H,1-2H3. The Labute approximate surface area is 98.7 Å². The van der Waals surface area contributed by atoms with Crippen molar-refractivity contribution in [3.8, 4) is 11.4 Å². The van der Waals surface area contributed by atoms with E-state index in [4.69, 9.17) is 11.6 Å². The van der Waals surface area contributed by atoms with Gasteiger partial charge in [0.15, 0.2) is 0 Å². The molecule has 2 rings (SSSR count). The van der Waals surface area contributed by atoms with Crippen molar-refractivity contribution in [1.29, 1.82) is 0 Å². The van der Waals surface area contributed by atoms with Crippen molar-refractivity contribution < 1.29 is 4.39 Å². The van der Waals surface area contributed by atoms with Gasteiger partial charge < -0.3 is 4.57 Å². The fraction of sp³-hybridized carbons (Fsp3) is 0.250. The summed E-state index contributed by atoms with van der Waals surface area (Å²) in [6.45, 7) is 4.02. The van der Waals surface area contributed by atoms with Crippen LogP contribution in [0.5, 0.6) is 0 Å². The minimum atomic E-state index is -0.271. The molecule has 0 saturated heterocycles. The van der Waals surface area contributed by atoms with Crippen LogP contribution in [-0.4, -0.2) is 9.55 Å². The van der Waals surface area contributed by atoms with Gasteiger partial charge in [0, 0.05) is 11.6 Å². The van der Waals surface area contributed by atoms with Crippen molar-refractivity contribution in [2.45, 2.75) is 19.9 Å². The zero-order chi connectivity index (χ0) is 11.7. The minimum absolute atomic E-state index is 0.188. The molecule has 1 aromatic heterocycles. The fourth-order valence-electron chi connectivity index (χ4n) is 1.67. The van der Waals surface area contributed by atoms with Gasteiger partial charge in [-0.3, -0.25) is 0 Å². The highest BCUT2D eigenvalue weighted by molar-refractivity contribution is 6.29. The van der Waals surface area contributed by atoms with Gasteiger partial charge in [0.25, 0.3) is 0 Å². The zero-order valence-corrected chi connectivity index (χ0v) is 9.87. The Balaban J connectivity index is 2.56. The molecule has 0 N–H and O–H groups in total. The monoisotopic (exact) mass is 238 g/mol. The van der Waals surface area contributed by atoms with E-state index in [9.17, 15) is 4.39 Å². The molecule has 1 heterocycles. The van der Waals surface area contributed by atoms with E-state index in [1.54, 1.807) is 12.3 Å². The Morgan fingerprint density at radius 3 is 2.75 bits per heavy atom. The first-order valence-corrected chi connectivity index (χ1v) is 5.46. The van der Waals surface area contributed by atoms with E-state index in [-0.39, 0.29) is 11.9 Å². The number of aromatic nitrogens is 2. The predicted octanol–water partition coefficient (Wildman–Crippen LogP) is 3.92. The number of imidazole rings is 1.